The molecule has 1 aliphatic rings. The molecule has 1 aliphatic carbocycles. The van der Waals surface area contributed by atoms with E-state index in [2.05, 4.69) is 44.3 Å². The molecule has 1 aromatic heterocycles. The van der Waals surface area contributed by atoms with Crippen LogP contribution in [0.15, 0.2) is 18.2 Å². The van der Waals surface area contributed by atoms with E-state index >= 15 is 0 Å². The zero-order valence-corrected chi connectivity index (χ0v) is 13.2. The van der Waals surface area contributed by atoms with Crippen LogP contribution in [0, 0.1) is 13.8 Å². The van der Waals surface area contributed by atoms with E-state index in [4.69, 9.17) is 9.97 Å². The largest absolute Gasteiger partial charge is 0.370 e. The number of hydrogen-bond acceptors (Lipinski definition) is 3. The van der Waals surface area contributed by atoms with Crippen molar-refractivity contribution in [3.8, 4) is 0 Å². The number of hydrogen-bond donors (Lipinski definition) is 1. The molecule has 1 aromatic carbocycles. The second-order valence-corrected chi connectivity index (χ2v) is 5.89. The fourth-order valence-corrected chi connectivity index (χ4v) is 2.97. The predicted octanol–water partition coefficient (Wildman–Crippen LogP) is 3.60. The molecule has 0 fully saturated rings. The lowest BCUT2D eigenvalue weighted by Crippen LogP contribution is -2.09. The van der Waals surface area contributed by atoms with Crippen LogP contribution in [-0.2, 0) is 19.3 Å². The van der Waals surface area contributed by atoms with Crippen molar-refractivity contribution in [2.24, 2.45) is 0 Å². The van der Waals surface area contributed by atoms with E-state index in [1.807, 2.05) is 0 Å². The van der Waals surface area contributed by atoms with E-state index in [9.17, 15) is 0 Å². The van der Waals surface area contributed by atoms with Gasteiger partial charge in [0.05, 0.1) is 0 Å². The van der Waals surface area contributed by atoms with Gasteiger partial charge >= 0.3 is 0 Å². The minimum atomic E-state index is 0.812. The highest BCUT2D eigenvalue weighted by Gasteiger charge is 2.19. The van der Waals surface area contributed by atoms with Gasteiger partial charge in [0, 0.05) is 24.2 Å². The van der Waals surface area contributed by atoms with E-state index in [0.717, 1.165) is 37.4 Å². The monoisotopic (exact) mass is 281 g/mol. The smallest absolute Gasteiger partial charge is 0.135 e. The summed E-state index contributed by atoms with van der Waals surface area (Å²) >= 11 is 0. The first-order valence-electron chi connectivity index (χ1n) is 7.86. The Morgan fingerprint density at radius 3 is 2.71 bits per heavy atom. The molecule has 3 nitrogen and oxygen atoms in total. The number of anilines is 1. The van der Waals surface area contributed by atoms with E-state index in [1.54, 1.807) is 0 Å². The topological polar surface area (TPSA) is 37.8 Å². The highest BCUT2D eigenvalue weighted by Crippen LogP contribution is 2.26. The SMILES string of the molecule is CCNc1nc(Cc2ccc(C)c(C)c2)nc2c1CCC2. The van der Waals surface area contributed by atoms with Crippen LogP contribution in [0.25, 0.3) is 0 Å². The summed E-state index contributed by atoms with van der Waals surface area (Å²) in [5.41, 5.74) is 6.54. The first kappa shape index (κ1) is 14.1. The molecule has 0 spiro atoms. The molecule has 0 amide bonds. The number of benzene rings is 1. The van der Waals surface area contributed by atoms with Gasteiger partial charge < -0.3 is 5.32 Å². The maximum absolute atomic E-state index is 4.79. The van der Waals surface area contributed by atoms with Gasteiger partial charge in [-0.2, -0.15) is 0 Å². The molecule has 0 unspecified atom stereocenters. The number of nitrogens with one attached hydrogen (secondary N) is 1. The summed E-state index contributed by atoms with van der Waals surface area (Å²) in [5, 5.41) is 3.40. The molecule has 3 rings (SSSR count). The van der Waals surface area contributed by atoms with Crippen LogP contribution in [-0.4, -0.2) is 16.5 Å². The van der Waals surface area contributed by atoms with Crippen LogP contribution < -0.4 is 5.32 Å². The van der Waals surface area contributed by atoms with Gasteiger partial charge in [-0.05, 0) is 56.7 Å². The molecule has 1 heterocycles. The zero-order valence-electron chi connectivity index (χ0n) is 13.2. The van der Waals surface area contributed by atoms with E-state index in [0.29, 0.717) is 0 Å². The predicted molar refractivity (Wildman–Crippen MR) is 86.9 cm³/mol. The van der Waals surface area contributed by atoms with Gasteiger partial charge in [-0.3, -0.25) is 0 Å². The van der Waals surface area contributed by atoms with Gasteiger partial charge in [0.25, 0.3) is 0 Å². The summed E-state index contributed by atoms with van der Waals surface area (Å²) < 4.78 is 0. The van der Waals surface area contributed by atoms with Crippen LogP contribution in [0.4, 0.5) is 5.82 Å². The molecule has 2 aromatic rings. The van der Waals surface area contributed by atoms with E-state index in [-0.39, 0.29) is 0 Å². The molecular formula is C18H23N3. The molecule has 0 saturated heterocycles. The highest BCUT2D eigenvalue weighted by atomic mass is 15.0. The summed E-state index contributed by atoms with van der Waals surface area (Å²) in [7, 11) is 0. The molecule has 0 aliphatic heterocycles. The van der Waals surface area contributed by atoms with Crippen molar-refractivity contribution in [2.75, 3.05) is 11.9 Å². The van der Waals surface area contributed by atoms with Gasteiger partial charge in [0.15, 0.2) is 0 Å². The van der Waals surface area contributed by atoms with Crippen molar-refractivity contribution in [1.82, 2.24) is 9.97 Å². The molecule has 0 atom stereocenters. The molecule has 110 valence electrons. The minimum absolute atomic E-state index is 0.812. The van der Waals surface area contributed by atoms with Crippen LogP contribution in [0.3, 0.4) is 0 Å². The zero-order chi connectivity index (χ0) is 14.8. The third kappa shape index (κ3) is 2.92. The number of rotatable bonds is 4. The van der Waals surface area contributed by atoms with Gasteiger partial charge in [-0.1, -0.05) is 18.2 Å². The molecule has 3 heteroatoms. The van der Waals surface area contributed by atoms with Crippen LogP contribution in [0.1, 0.15) is 47.1 Å². The van der Waals surface area contributed by atoms with E-state index < -0.39 is 0 Å². The lowest BCUT2D eigenvalue weighted by atomic mass is 10.0. The Balaban J connectivity index is 1.91. The van der Waals surface area contributed by atoms with Crippen molar-refractivity contribution >= 4 is 5.82 Å². The third-order valence-corrected chi connectivity index (χ3v) is 4.26. The Labute approximate surface area is 126 Å². The molecular weight excluding hydrogens is 258 g/mol. The minimum Gasteiger partial charge on any atom is -0.370 e. The Bertz CT molecular complexity index is 662. The molecule has 0 bridgehead atoms. The first-order chi connectivity index (χ1) is 10.2. The van der Waals surface area contributed by atoms with Crippen molar-refractivity contribution in [2.45, 2.75) is 46.5 Å². The van der Waals surface area contributed by atoms with Gasteiger partial charge in [-0.25, -0.2) is 9.97 Å². The Hall–Kier alpha value is -1.90. The standard InChI is InChI=1S/C18H23N3/c1-4-19-18-15-6-5-7-16(15)20-17(21-18)11-14-9-8-12(2)13(3)10-14/h8-10H,4-7,11H2,1-3H3,(H,19,20,21). The van der Waals surface area contributed by atoms with Crippen molar-refractivity contribution < 1.29 is 0 Å². The second-order valence-electron chi connectivity index (χ2n) is 5.89. The quantitative estimate of drug-likeness (QED) is 0.930. The lowest BCUT2D eigenvalue weighted by Gasteiger charge is -2.11. The van der Waals surface area contributed by atoms with Crippen molar-refractivity contribution in [3.05, 3.63) is 52.0 Å². The summed E-state index contributed by atoms with van der Waals surface area (Å²) in [6.07, 6.45) is 4.22. The Kier molecular flexibility index (Phi) is 3.91. The summed E-state index contributed by atoms with van der Waals surface area (Å²) in [6.45, 7) is 7.33. The second kappa shape index (κ2) is 5.84. The number of aryl methyl sites for hydroxylation is 3. The van der Waals surface area contributed by atoms with Gasteiger partial charge in [0.2, 0.25) is 0 Å². The van der Waals surface area contributed by atoms with Crippen LogP contribution in [0.2, 0.25) is 0 Å². The average Bonchev–Trinajstić information content (AvgIpc) is 2.92. The average molecular weight is 281 g/mol. The fourth-order valence-electron chi connectivity index (χ4n) is 2.97. The molecule has 0 saturated carbocycles. The van der Waals surface area contributed by atoms with Gasteiger partial charge in [0.1, 0.15) is 11.6 Å². The Morgan fingerprint density at radius 1 is 1.10 bits per heavy atom. The normalized spacial score (nSPS) is 13.3. The molecule has 0 radical (unpaired) electrons. The number of aromatic nitrogens is 2. The summed E-state index contributed by atoms with van der Waals surface area (Å²) in [5.74, 6) is 1.99. The summed E-state index contributed by atoms with van der Waals surface area (Å²) in [6, 6.07) is 6.62. The Morgan fingerprint density at radius 2 is 1.95 bits per heavy atom. The van der Waals surface area contributed by atoms with Crippen LogP contribution >= 0.6 is 0 Å². The maximum atomic E-state index is 4.79. The number of fused-ring (bicyclic) bond motifs is 1. The van der Waals surface area contributed by atoms with E-state index in [1.165, 1.54) is 34.4 Å². The highest BCUT2D eigenvalue weighted by molar-refractivity contribution is 5.49. The fraction of sp³-hybridized carbons (Fsp3) is 0.444. The van der Waals surface area contributed by atoms with Gasteiger partial charge in [-0.15, -0.1) is 0 Å². The third-order valence-electron chi connectivity index (χ3n) is 4.26. The molecule has 21 heavy (non-hydrogen) atoms. The number of nitrogens with zero attached hydrogens (tertiary/aromatic N) is 2. The maximum Gasteiger partial charge on any atom is 0.135 e. The van der Waals surface area contributed by atoms with Crippen LogP contribution in [0.5, 0.6) is 0 Å². The van der Waals surface area contributed by atoms with Crippen molar-refractivity contribution in [1.29, 1.82) is 0 Å². The summed E-state index contributed by atoms with van der Waals surface area (Å²) in [4.78, 5) is 9.55. The first-order valence-corrected chi connectivity index (χ1v) is 7.86. The molecule has 1 N–H and O–H groups in total. The van der Waals surface area contributed by atoms with Crippen molar-refractivity contribution in [3.63, 3.8) is 0 Å². The lowest BCUT2D eigenvalue weighted by molar-refractivity contribution is 0.885.